The van der Waals surface area contributed by atoms with E-state index in [0.717, 1.165) is 5.69 Å². The molecule has 0 spiro atoms. The van der Waals surface area contributed by atoms with Gasteiger partial charge in [0.1, 0.15) is 0 Å². The van der Waals surface area contributed by atoms with Crippen molar-refractivity contribution in [2.24, 2.45) is 0 Å². The molecule has 0 aliphatic carbocycles. The van der Waals surface area contributed by atoms with Crippen LogP contribution < -0.4 is 5.32 Å². The Morgan fingerprint density at radius 3 is 2.60 bits per heavy atom. The lowest BCUT2D eigenvalue weighted by Crippen LogP contribution is -2.52. The molecule has 2 aromatic rings. The van der Waals surface area contributed by atoms with Gasteiger partial charge in [0.25, 0.3) is 5.91 Å². The summed E-state index contributed by atoms with van der Waals surface area (Å²) in [4.78, 5) is 38.9. The molecule has 1 saturated heterocycles. The zero-order valence-corrected chi connectivity index (χ0v) is 13.8. The molecule has 3 amide bonds. The quantitative estimate of drug-likeness (QED) is 0.792. The van der Waals surface area contributed by atoms with E-state index in [-0.39, 0.29) is 30.8 Å². The molecule has 1 aliphatic heterocycles. The number of aromatic nitrogens is 3. The Balaban J connectivity index is 1.54. The Morgan fingerprint density at radius 2 is 1.96 bits per heavy atom. The van der Waals surface area contributed by atoms with Gasteiger partial charge in [-0.05, 0) is 24.3 Å². The van der Waals surface area contributed by atoms with E-state index in [0.29, 0.717) is 18.7 Å². The van der Waals surface area contributed by atoms with Gasteiger partial charge < -0.3 is 15.1 Å². The molecule has 2 heterocycles. The van der Waals surface area contributed by atoms with Crippen LogP contribution >= 0.6 is 0 Å². The summed E-state index contributed by atoms with van der Waals surface area (Å²) >= 11 is 0. The second-order valence-electron chi connectivity index (χ2n) is 5.71. The van der Waals surface area contributed by atoms with Crippen molar-refractivity contribution in [3.63, 3.8) is 0 Å². The number of amides is 3. The van der Waals surface area contributed by atoms with Crippen molar-refractivity contribution in [1.29, 1.82) is 0 Å². The highest BCUT2D eigenvalue weighted by molar-refractivity contribution is 5.97. The summed E-state index contributed by atoms with van der Waals surface area (Å²) in [5.74, 6) is -0.720. The van der Waals surface area contributed by atoms with Gasteiger partial charge in [-0.15, -0.1) is 5.10 Å². The fraction of sp³-hybridized carbons (Fsp3) is 0.312. The number of nitrogens with zero attached hydrogens (tertiary/aromatic N) is 5. The molecule has 0 unspecified atom stereocenters. The molecule has 0 atom stereocenters. The summed E-state index contributed by atoms with van der Waals surface area (Å²) in [7, 11) is 1.70. The minimum absolute atomic E-state index is 0.0534. The van der Waals surface area contributed by atoms with Gasteiger partial charge in [0, 0.05) is 25.7 Å². The lowest BCUT2D eigenvalue weighted by atomic mass is 10.2. The van der Waals surface area contributed by atoms with Gasteiger partial charge in [0.05, 0.1) is 31.2 Å². The Morgan fingerprint density at radius 1 is 1.20 bits per heavy atom. The lowest BCUT2D eigenvalue weighted by Gasteiger charge is -2.32. The molecule has 0 saturated carbocycles. The maximum atomic E-state index is 12.2. The molecule has 1 aliphatic rings. The molecular formula is C16H18N6O3. The smallest absolute Gasteiger partial charge is 0.251 e. The number of nitrogens with one attached hydrogen (secondary N) is 1. The summed E-state index contributed by atoms with van der Waals surface area (Å²) < 4.78 is 1.58. The second-order valence-corrected chi connectivity index (χ2v) is 5.71. The van der Waals surface area contributed by atoms with Crippen LogP contribution in [0.5, 0.6) is 0 Å². The number of rotatable bonds is 4. The molecule has 1 aromatic carbocycles. The number of hydrogen-bond acceptors (Lipinski definition) is 5. The highest BCUT2D eigenvalue weighted by atomic mass is 16.2. The number of hydrogen-bond donors (Lipinski definition) is 1. The molecule has 3 rings (SSSR count). The molecule has 1 N–H and O–H groups in total. The van der Waals surface area contributed by atoms with E-state index in [4.69, 9.17) is 0 Å². The van der Waals surface area contributed by atoms with E-state index in [1.165, 1.54) is 4.90 Å². The zero-order chi connectivity index (χ0) is 17.8. The summed E-state index contributed by atoms with van der Waals surface area (Å²) in [6.07, 6.45) is 3.26. The third-order valence-electron chi connectivity index (χ3n) is 4.03. The first kappa shape index (κ1) is 16.6. The fourth-order valence-corrected chi connectivity index (χ4v) is 2.45. The SMILES string of the molecule is CN1CCN(C(=O)CNC(=O)c2ccc(-n3ccnn3)cc2)CC1=O. The van der Waals surface area contributed by atoms with Crippen LogP contribution in [0, 0.1) is 0 Å². The normalized spacial score (nSPS) is 14.5. The van der Waals surface area contributed by atoms with Crippen LogP contribution in [0.1, 0.15) is 10.4 Å². The van der Waals surface area contributed by atoms with E-state index >= 15 is 0 Å². The van der Waals surface area contributed by atoms with Crippen molar-refractivity contribution in [2.45, 2.75) is 0 Å². The van der Waals surface area contributed by atoms with Crippen LogP contribution in [-0.2, 0) is 9.59 Å². The average molecular weight is 342 g/mol. The largest absolute Gasteiger partial charge is 0.343 e. The molecule has 9 nitrogen and oxygen atoms in total. The second kappa shape index (κ2) is 7.12. The summed E-state index contributed by atoms with van der Waals surface area (Å²) in [5.41, 5.74) is 1.21. The van der Waals surface area contributed by atoms with E-state index in [1.54, 1.807) is 53.3 Å². The van der Waals surface area contributed by atoms with Crippen molar-refractivity contribution in [3.8, 4) is 5.69 Å². The van der Waals surface area contributed by atoms with Gasteiger partial charge in [-0.25, -0.2) is 4.68 Å². The van der Waals surface area contributed by atoms with Crippen molar-refractivity contribution in [3.05, 3.63) is 42.2 Å². The molecule has 1 aromatic heterocycles. The molecule has 0 radical (unpaired) electrons. The maximum Gasteiger partial charge on any atom is 0.251 e. The number of likely N-dealkylation sites (N-methyl/N-ethyl adjacent to an activating group) is 1. The standard InChI is InChI=1S/C16H18N6O3/c1-20-8-9-21(11-15(20)24)14(23)10-17-16(25)12-2-4-13(5-3-12)22-7-6-18-19-22/h2-7H,8-11H2,1H3,(H,17,25). The molecule has 0 bridgehead atoms. The van der Waals surface area contributed by atoms with E-state index < -0.39 is 0 Å². The first-order chi connectivity index (χ1) is 12.0. The van der Waals surface area contributed by atoms with Gasteiger partial charge in [0.15, 0.2) is 0 Å². The minimum atomic E-state index is -0.348. The van der Waals surface area contributed by atoms with Crippen LogP contribution in [0.2, 0.25) is 0 Å². The Bertz CT molecular complexity index is 772. The third kappa shape index (κ3) is 3.82. The summed E-state index contributed by atoms with van der Waals surface area (Å²) in [5, 5.41) is 10.2. The number of benzene rings is 1. The first-order valence-electron chi connectivity index (χ1n) is 7.81. The maximum absolute atomic E-state index is 12.2. The van der Waals surface area contributed by atoms with Gasteiger partial charge in [-0.3, -0.25) is 14.4 Å². The van der Waals surface area contributed by atoms with Crippen LogP contribution in [0.4, 0.5) is 0 Å². The molecule has 1 fully saturated rings. The average Bonchev–Trinajstić information content (AvgIpc) is 3.16. The van der Waals surface area contributed by atoms with E-state index in [1.807, 2.05) is 0 Å². The Kier molecular flexibility index (Phi) is 4.73. The van der Waals surface area contributed by atoms with Crippen LogP contribution in [-0.4, -0.2) is 75.7 Å². The van der Waals surface area contributed by atoms with E-state index in [9.17, 15) is 14.4 Å². The molecular weight excluding hydrogens is 324 g/mol. The number of carbonyl (C=O) groups excluding carboxylic acids is 3. The van der Waals surface area contributed by atoms with Gasteiger partial charge >= 0.3 is 0 Å². The van der Waals surface area contributed by atoms with Gasteiger partial charge in [-0.2, -0.15) is 0 Å². The Labute approximate surface area is 144 Å². The fourth-order valence-electron chi connectivity index (χ4n) is 2.45. The first-order valence-corrected chi connectivity index (χ1v) is 7.81. The highest BCUT2D eigenvalue weighted by Gasteiger charge is 2.24. The predicted octanol–water partition coefficient (Wildman–Crippen LogP) is -0.702. The van der Waals surface area contributed by atoms with Crippen LogP contribution in [0.3, 0.4) is 0 Å². The predicted molar refractivity (Wildman–Crippen MR) is 87.9 cm³/mol. The van der Waals surface area contributed by atoms with Crippen molar-refractivity contribution >= 4 is 17.7 Å². The summed E-state index contributed by atoms with van der Waals surface area (Å²) in [6.45, 7) is 0.893. The monoisotopic (exact) mass is 342 g/mol. The third-order valence-corrected chi connectivity index (χ3v) is 4.03. The van der Waals surface area contributed by atoms with E-state index in [2.05, 4.69) is 15.6 Å². The van der Waals surface area contributed by atoms with Crippen molar-refractivity contribution in [2.75, 3.05) is 33.2 Å². The lowest BCUT2D eigenvalue weighted by molar-refractivity contribution is -0.143. The van der Waals surface area contributed by atoms with Crippen molar-refractivity contribution < 1.29 is 14.4 Å². The van der Waals surface area contributed by atoms with Crippen molar-refractivity contribution in [1.82, 2.24) is 30.1 Å². The summed E-state index contributed by atoms with van der Waals surface area (Å²) in [6, 6.07) is 6.78. The van der Waals surface area contributed by atoms with Gasteiger partial charge in [-0.1, -0.05) is 5.21 Å². The minimum Gasteiger partial charge on any atom is -0.343 e. The number of carbonyl (C=O) groups is 3. The Hall–Kier alpha value is -3.23. The topological polar surface area (TPSA) is 100 Å². The number of piperazine rings is 1. The zero-order valence-electron chi connectivity index (χ0n) is 13.8. The van der Waals surface area contributed by atoms with Crippen LogP contribution in [0.15, 0.2) is 36.7 Å². The molecule has 130 valence electrons. The molecule has 9 heteroatoms. The molecule has 25 heavy (non-hydrogen) atoms. The van der Waals surface area contributed by atoms with Gasteiger partial charge in [0.2, 0.25) is 11.8 Å². The van der Waals surface area contributed by atoms with Crippen LogP contribution in [0.25, 0.3) is 5.69 Å². The highest BCUT2D eigenvalue weighted by Crippen LogP contribution is 2.08.